The zero-order valence-corrected chi connectivity index (χ0v) is 14.0. The molecule has 0 aliphatic carbocycles. The third kappa shape index (κ3) is 4.80. The second-order valence-electron chi connectivity index (χ2n) is 4.71. The maximum absolute atomic E-state index is 11.9. The Morgan fingerprint density at radius 3 is 2.59 bits per heavy atom. The number of hydrogen-bond donors (Lipinski definition) is 1. The molecule has 0 bridgehead atoms. The Morgan fingerprint density at radius 1 is 1.14 bits per heavy atom. The van der Waals surface area contributed by atoms with Gasteiger partial charge in [-0.05, 0) is 36.8 Å². The predicted octanol–water partition coefficient (Wildman–Crippen LogP) is 4.90. The van der Waals surface area contributed by atoms with Gasteiger partial charge in [0.15, 0.2) is 6.61 Å². The Balaban J connectivity index is 1.88. The van der Waals surface area contributed by atoms with Gasteiger partial charge in [-0.1, -0.05) is 46.9 Å². The summed E-state index contributed by atoms with van der Waals surface area (Å²) in [7, 11) is 0. The van der Waals surface area contributed by atoms with Crippen molar-refractivity contribution in [2.45, 2.75) is 13.0 Å². The Labute approximate surface area is 144 Å². The molecule has 22 heavy (non-hydrogen) atoms. The molecule has 0 aliphatic rings. The fourth-order valence-electron chi connectivity index (χ4n) is 1.86. The summed E-state index contributed by atoms with van der Waals surface area (Å²) in [6.45, 7) is 1.77. The average molecular weight is 359 g/mol. The van der Waals surface area contributed by atoms with E-state index in [2.05, 4.69) is 5.32 Å². The molecule has 1 amide bonds. The Kier molecular flexibility index (Phi) is 5.95. The van der Waals surface area contributed by atoms with Gasteiger partial charge in [0.25, 0.3) is 5.91 Å². The van der Waals surface area contributed by atoms with E-state index >= 15 is 0 Å². The quantitative estimate of drug-likeness (QED) is 0.825. The summed E-state index contributed by atoms with van der Waals surface area (Å²) >= 11 is 17.6. The molecule has 0 unspecified atom stereocenters. The summed E-state index contributed by atoms with van der Waals surface area (Å²) in [5.74, 6) is 0.249. The van der Waals surface area contributed by atoms with E-state index in [1.807, 2.05) is 25.1 Å². The zero-order valence-electron chi connectivity index (χ0n) is 11.8. The lowest BCUT2D eigenvalue weighted by Crippen LogP contribution is -2.31. The number of halogens is 3. The molecule has 0 fully saturated rings. The van der Waals surface area contributed by atoms with Crippen LogP contribution in [0.4, 0.5) is 0 Å². The van der Waals surface area contributed by atoms with Crippen LogP contribution in [0.5, 0.6) is 5.75 Å². The van der Waals surface area contributed by atoms with E-state index in [0.29, 0.717) is 20.8 Å². The van der Waals surface area contributed by atoms with Gasteiger partial charge in [0, 0.05) is 11.1 Å². The molecule has 2 aromatic carbocycles. The maximum atomic E-state index is 11.9. The molecule has 0 aromatic heterocycles. The minimum Gasteiger partial charge on any atom is -0.484 e. The Bertz CT molecular complexity index is 676. The molecule has 0 saturated heterocycles. The topological polar surface area (TPSA) is 38.3 Å². The van der Waals surface area contributed by atoms with Crippen LogP contribution >= 0.6 is 34.8 Å². The molecule has 116 valence electrons. The van der Waals surface area contributed by atoms with Crippen LogP contribution in [-0.2, 0) is 4.79 Å². The zero-order chi connectivity index (χ0) is 16.1. The Hall–Kier alpha value is -1.42. The average Bonchev–Trinajstić information content (AvgIpc) is 2.48. The van der Waals surface area contributed by atoms with Gasteiger partial charge in [-0.3, -0.25) is 4.79 Å². The summed E-state index contributed by atoms with van der Waals surface area (Å²) in [6.07, 6.45) is 0. The second-order valence-corrected chi connectivity index (χ2v) is 5.96. The smallest absolute Gasteiger partial charge is 0.258 e. The van der Waals surface area contributed by atoms with E-state index in [0.717, 1.165) is 5.56 Å². The van der Waals surface area contributed by atoms with Crippen LogP contribution in [-0.4, -0.2) is 12.5 Å². The van der Waals surface area contributed by atoms with E-state index in [4.69, 9.17) is 39.5 Å². The van der Waals surface area contributed by atoms with E-state index in [1.165, 1.54) is 0 Å². The number of hydrogen-bond acceptors (Lipinski definition) is 2. The van der Waals surface area contributed by atoms with Gasteiger partial charge < -0.3 is 10.1 Å². The number of nitrogens with one attached hydrogen (secondary N) is 1. The van der Waals surface area contributed by atoms with Crippen LogP contribution < -0.4 is 10.1 Å². The molecular weight excluding hydrogens is 345 g/mol. The second kappa shape index (κ2) is 7.73. The van der Waals surface area contributed by atoms with Crippen molar-refractivity contribution in [1.82, 2.24) is 5.32 Å². The molecule has 0 aliphatic heterocycles. The fourth-order valence-corrected chi connectivity index (χ4v) is 2.34. The molecule has 2 rings (SSSR count). The number of benzene rings is 2. The normalized spacial score (nSPS) is 11.8. The number of amides is 1. The van der Waals surface area contributed by atoms with Gasteiger partial charge in [0.05, 0.1) is 16.1 Å². The van der Waals surface area contributed by atoms with Crippen molar-refractivity contribution in [2.75, 3.05) is 6.61 Å². The van der Waals surface area contributed by atoms with Crippen molar-refractivity contribution in [3.63, 3.8) is 0 Å². The molecule has 0 heterocycles. The molecule has 2 aromatic rings. The van der Waals surface area contributed by atoms with Crippen LogP contribution in [0.1, 0.15) is 18.5 Å². The molecular formula is C16H14Cl3NO2. The monoisotopic (exact) mass is 357 g/mol. The highest BCUT2D eigenvalue weighted by Gasteiger charge is 2.11. The molecule has 1 atom stereocenters. The highest BCUT2D eigenvalue weighted by atomic mass is 35.5. The highest BCUT2D eigenvalue weighted by Crippen LogP contribution is 2.26. The van der Waals surface area contributed by atoms with Crippen LogP contribution in [0.3, 0.4) is 0 Å². The third-order valence-corrected chi connectivity index (χ3v) is 3.96. The van der Waals surface area contributed by atoms with Crippen molar-refractivity contribution in [1.29, 1.82) is 0 Å². The number of carbonyl (C=O) groups excluding carboxylic acids is 1. The van der Waals surface area contributed by atoms with E-state index < -0.39 is 0 Å². The molecule has 1 N–H and O–H groups in total. The first-order chi connectivity index (χ1) is 10.5. The fraction of sp³-hybridized carbons (Fsp3) is 0.188. The summed E-state index contributed by atoms with van der Waals surface area (Å²) in [4.78, 5) is 11.9. The lowest BCUT2D eigenvalue weighted by Gasteiger charge is -2.15. The van der Waals surface area contributed by atoms with Crippen molar-refractivity contribution in [3.8, 4) is 5.75 Å². The van der Waals surface area contributed by atoms with Crippen molar-refractivity contribution in [3.05, 3.63) is 63.1 Å². The van der Waals surface area contributed by atoms with Crippen LogP contribution in [0.15, 0.2) is 42.5 Å². The first kappa shape index (κ1) is 16.9. The molecule has 0 radical (unpaired) electrons. The molecule has 6 heteroatoms. The van der Waals surface area contributed by atoms with Crippen LogP contribution in [0, 0.1) is 0 Å². The lowest BCUT2D eigenvalue weighted by molar-refractivity contribution is -0.123. The van der Waals surface area contributed by atoms with Gasteiger partial charge >= 0.3 is 0 Å². The van der Waals surface area contributed by atoms with E-state index in [9.17, 15) is 4.79 Å². The maximum Gasteiger partial charge on any atom is 0.258 e. The van der Waals surface area contributed by atoms with Gasteiger partial charge in [-0.15, -0.1) is 0 Å². The minimum absolute atomic E-state index is 0.108. The van der Waals surface area contributed by atoms with Gasteiger partial charge in [0.2, 0.25) is 0 Å². The Morgan fingerprint density at radius 2 is 1.91 bits per heavy atom. The number of rotatable bonds is 5. The number of carbonyl (C=O) groups is 1. The summed E-state index contributed by atoms with van der Waals surface area (Å²) < 4.78 is 5.38. The standard InChI is InChI=1S/C16H14Cl3NO2/c1-10(11-3-2-4-12(17)7-11)20-16(21)9-22-13-5-6-14(18)15(19)8-13/h2-8,10H,9H2,1H3,(H,20,21)/t10-/m1/s1. The lowest BCUT2D eigenvalue weighted by atomic mass is 10.1. The first-order valence-electron chi connectivity index (χ1n) is 6.58. The van der Waals surface area contributed by atoms with E-state index in [1.54, 1.807) is 24.3 Å². The van der Waals surface area contributed by atoms with Crippen LogP contribution in [0.2, 0.25) is 15.1 Å². The summed E-state index contributed by atoms with van der Waals surface area (Å²) in [6, 6.07) is 12.0. The highest BCUT2D eigenvalue weighted by molar-refractivity contribution is 6.42. The SMILES string of the molecule is C[C@@H](NC(=O)COc1ccc(Cl)c(Cl)c1)c1cccc(Cl)c1. The van der Waals surface area contributed by atoms with Crippen molar-refractivity contribution < 1.29 is 9.53 Å². The summed E-state index contributed by atoms with van der Waals surface area (Å²) in [5.41, 5.74) is 0.926. The minimum atomic E-state index is -0.237. The molecule has 3 nitrogen and oxygen atoms in total. The molecule has 0 spiro atoms. The van der Waals surface area contributed by atoms with E-state index in [-0.39, 0.29) is 18.6 Å². The molecule has 0 saturated carbocycles. The van der Waals surface area contributed by atoms with Crippen molar-refractivity contribution in [2.24, 2.45) is 0 Å². The van der Waals surface area contributed by atoms with Gasteiger partial charge in [-0.25, -0.2) is 0 Å². The third-order valence-electron chi connectivity index (χ3n) is 2.99. The number of ether oxygens (including phenoxy) is 1. The predicted molar refractivity (Wildman–Crippen MR) is 90.0 cm³/mol. The first-order valence-corrected chi connectivity index (χ1v) is 7.72. The van der Waals surface area contributed by atoms with Gasteiger partial charge in [0.1, 0.15) is 5.75 Å². The van der Waals surface area contributed by atoms with Gasteiger partial charge in [-0.2, -0.15) is 0 Å². The van der Waals surface area contributed by atoms with Crippen molar-refractivity contribution >= 4 is 40.7 Å². The largest absolute Gasteiger partial charge is 0.484 e. The summed E-state index contributed by atoms with van der Waals surface area (Å²) in [5, 5.41) is 4.29. The van der Waals surface area contributed by atoms with Crippen LogP contribution in [0.25, 0.3) is 0 Å².